The largest absolute Gasteiger partial charge is 0.480 e. The first-order valence-electron chi connectivity index (χ1n) is 6.99. The average Bonchev–Trinajstić information content (AvgIpc) is 2.91. The van der Waals surface area contributed by atoms with Gasteiger partial charge in [0, 0.05) is 18.9 Å². The second-order valence-corrected chi connectivity index (χ2v) is 5.30. The summed E-state index contributed by atoms with van der Waals surface area (Å²) in [6.45, 7) is 1.04. The number of aliphatic carboxylic acids is 1. The first-order chi connectivity index (χ1) is 11.2. The zero-order valence-electron chi connectivity index (χ0n) is 12.7. The normalized spacial score (nSPS) is 11.3. The Labute approximate surface area is 135 Å². The average molecular weight is 340 g/mol. The van der Waals surface area contributed by atoms with E-state index in [1.165, 1.54) is 18.3 Å². The van der Waals surface area contributed by atoms with Crippen LogP contribution in [-0.4, -0.2) is 33.4 Å². The molecule has 0 saturated carbocycles. The highest BCUT2D eigenvalue weighted by molar-refractivity contribution is 5.96. The number of rotatable bonds is 5. The number of aromatic amines is 1. The maximum Gasteiger partial charge on any atom is 0.416 e. The van der Waals surface area contributed by atoms with Crippen molar-refractivity contribution >= 4 is 11.9 Å². The minimum absolute atomic E-state index is 0.103. The van der Waals surface area contributed by atoms with Crippen molar-refractivity contribution in [2.45, 2.75) is 19.6 Å². The zero-order chi connectivity index (χ0) is 17.9. The third-order valence-corrected chi connectivity index (χ3v) is 3.45. The van der Waals surface area contributed by atoms with E-state index in [0.29, 0.717) is 16.7 Å². The second-order valence-electron chi connectivity index (χ2n) is 5.30. The van der Waals surface area contributed by atoms with Crippen LogP contribution < -0.4 is 0 Å². The number of carboxylic acids is 1. The number of aryl methyl sites for hydroxylation is 1. The van der Waals surface area contributed by atoms with Gasteiger partial charge in [-0.15, -0.1) is 0 Å². The standard InChI is InChI=1S/C16H15F3N2O3/c1-10-6-20-7-13(10)15(24)21(9-14(22)23)8-11-2-4-12(5-3-11)16(17,18)19/h2-7,20H,8-9H2,1H3,(H,22,23). The lowest BCUT2D eigenvalue weighted by Crippen LogP contribution is -2.35. The monoisotopic (exact) mass is 340 g/mol. The molecule has 24 heavy (non-hydrogen) atoms. The minimum atomic E-state index is -4.45. The molecule has 0 unspecified atom stereocenters. The smallest absolute Gasteiger partial charge is 0.416 e. The maximum atomic E-state index is 12.6. The number of carboxylic acid groups (broad SMARTS) is 1. The number of halogens is 3. The number of carbonyl (C=O) groups is 2. The van der Waals surface area contributed by atoms with Crippen LogP contribution in [0.15, 0.2) is 36.7 Å². The molecule has 1 amide bonds. The molecule has 0 aliphatic carbocycles. The maximum absolute atomic E-state index is 12.6. The molecule has 0 spiro atoms. The van der Waals surface area contributed by atoms with E-state index < -0.39 is 30.2 Å². The van der Waals surface area contributed by atoms with Gasteiger partial charge >= 0.3 is 12.1 Å². The van der Waals surface area contributed by atoms with E-state index in [1.54, 1.807) is 13.1 Å². The Morgan fingerprint density at radius 3 is 2.25 bits per heavy atom. The van der Waals surface area contributed by atoms with Crippen LogP contribution in [0.5, 0.6) is 0 Å². The summed E-state index contributed by atoms with van der Waals surface area (Å²) in [7, 11) is 0. The summed E-state index contributed by atoms with van der Waals surface area (Å²) >= 11 is 0. The summed E-state index contributed by atoms with van der Waals surface area (Å²) in [5.41, 5.74) is 0.584. The molecule has 0 atom stereocenters. The van der Waals surface area contributed by atoms with Gasteiger partial charge in [-0.2, -0.15) is 13.2 Å². The fourth-order valence-electron chi connectivity index (χ4n) is 2.22. The molecule has 0 bridgehead atoms. The molecule has 5 nitrogen and oxygen atoms in total. The quantitative estimate of drug-likeness (QED) is 0.878. The number of H-pyrrole nitrogens is 1. The van der Waals surface area contributed by atoms with E-state index in [4.69, 9.17) is 5.11 Å². The predicted molar refractivity (Wildman–Crippen MR) is 79.4 cm³/mol. The van der Waals surface area contributed by atoms with Crippen LogP contribution in [0.2, 0.25) is 0 Å². The fraction of sp³-hybridized carbons (Fsp3) is 0.250. The summed E-state index contributed by atoms with van der Waals surface area (Å²) in [4.78, 5) is 27.3. The molecule has 1 aromatic carbocycles. The van der Waals surface area contributed by atoms with Gasteiger partial charge in [0.15, 0.2) is 0 Å². The molecule has 0 radical (unpaired) electrons. The van der Waals surface area contributed by atoms with Crippen molar-refractivity contribution in [3.05, 3.63) is 58.9 Å². The van der Waals surface area contributed by atoms with Gasteiger partial charge < -0.3 is 15.0 Å². The van der Waals surface area contributed by atoms with Crippen LogP contribution >= 0.6 is 0 Å². The van der Waals surface area contributed by atoms with Crippen molar-refractivity contribution in [1.82, 2.24) is 9.88 Å². The Kier molecular flexibility index (Phi) is 4.96. The molecule has 1 aromatic heterocycles. The van der Waals surface area contributed by atoms with Gasteiger partial charge in [-0.1, -0.05) is 12.1 Å². The van der Waals surface area contributed by atoms with Crippen molar-refractivity contribution in [3.63, 3.8) is 0 Å². The van der Waals surface area contributed by atoms with E-state index in [-0.39, 0.29) is 6.54 Å². The Morgan fingerprint density at radius 2 is 1.79 bits per heavy atom. The molecule has 128 valence electrons. The molecule has 2 aromatic rings. The van der Waals surface area contributed by atoms with Crippen molar-refractivity contribution in [3.8, 4) is 0 Å². The van der Waals surface area contributed by atoms with E-state index >= 15 is 0 Å². The van der Waals surface area contributed by atoms with Gasteiger partial charge in [-0.3, -0.25) is 9.59 Å². The van der Waals surface area contributed by atoms with Gasteiger partial charge in [0.05, 0.1) is 11.1 Å². The number of nitrogens with one attached hydrogen (secondary N) is 1. The van der Waals surface area contributed by atoms with E-state index in [2.05, 4.69) is 4.98 Å². The van der Waals surface area contributed by atoms with Crippen LogP contribution in [0, 0.1) is 6.92 Å². The predicted octanol–water partition coefficient (Wildman–Crippen LogP) is 3.07. The Morgan fingerprint density at radius 1 is 1.17 bits per heavy atom. The Hall–Kier alpha value is -2.77. The lowest BCUT2D eigenvalue weighted by Gasteiger charge is -2.21. The number of benzene rings is 1. The summed E-state index contributed by atoms with van der Waals surface area (Å²) in [5, 5.41) is 8.98. The second kappa shape index (κ2) is 6.77. The number of hydrogen-bond acceptors (Lipinski definition) is 2. The number of amides is 1. The van der Waals surface area contributed by atoms with Crippen LogP contribution in [0.4, 0.5) is 13.2 Å². The van der Waals surface area contributed by atoms with E-state index in [9.17, 15) is 22.8 Å². The molecule has 0 aliphatic heterocycles. The molecule has 2 rings (SSSR count). The van der Waals surface area contributed by atoms with Crippen LogP contribution in [0.25, 0.3) is 0 Å². The molecule has 1 heterocycles. The first kappa shape index (κ1) is 17.6. The number of carbonyl (C=O) groups excluding carboxylic acids is 1. The topological polar surface area (TPSA) is 73.4 Å². The molecular formula is C16H15F3N2O3. The van der Waals surface area contributed by atoms with Gasteiger partial charge in [-0.05, 0) is 30.2 Å². The highest BCUT2D eigenvalue weighted by atomic mass is 19.4. The third kappa shape index (κ3) is 4.15. The van der Waals surface area contributed by atoms with Crippen LogP contribution in [0.3, 0.4) is 0 Å². The van der Waals surface area contributed by atoms with Gasteiger partial charge in [-0.25, -0.2) is 0 Å². The molecule has 0 saturated heterocycles. The SMILES string of the molecule is Cc1c[nH]cc1C(=O)N(CC(=O)O)Cc1ccc(C(F)(F)F)cc1. The first-order valence-corrected chi connectivity index (χ1v) is 6.99. The van der Waals surface area contributed by atoms with Crippen molar-refractivity contribution < 1.29 is 27.9 Å². The number of nitrogens with zero attached hydrogens (tertiary/aromatic N) is 1. The van der Waals surface area contributed by atoms with Gasteiger partial charge in [0.1, 0.15) is 6.54 Å². The van der Waals surface area contributed by atoms with Crippen LogP contribution in [0.1, 0.15) is 27.0 Å². The van der Waals surface area contributed by atoms with Gasteiger partial charge in [0.25, 0.3) is 5.91 Å². The number of aromatic nitrogens is 1. The fourth-order valence-corrected chi connectivity index (χ4v) is 2.22. The van der Waals surface area contributed by atoms with Crippen molar-refractivity contribution in [2.75, 3.05) is 6.54 Å². The third-order valence-electron chi connectivity index (χ3n) is 3.45. The molecule has 0 aliphatic rings. The lowest BCUT2D eigenvalue weighted by molar-refractivity contribution is -0.138. The van der Waals surface area contributed by atoms with Crippen molar-refractivity contribution in [1.29, 1.82) is 0 Å². The molecule has 8 heteroatoms. The summed E-state index contributed by atoms with van der Waals surface area (Å²) in [5.74, 6) is -1.71. The Balaban J connectivity index is 2.21. The van der Waals surface area contributed by atoms with Crippen molar-refractivity contribution in [2.24, 2.45) is 0 Å². The molecular weight excluding hydrogens is 325 g/mol. The molecule has 0 fully saturated rings. The highest BCUT2D eigenvalue weighted by Crippen LogP contribution is 2.29. The van der Waals surface area contributed by atoms with E-state index in [1.807, 2.05) is 0 Å². The van der Waals surface area contributed by atoms with Gasteiger partial charge in [0.2, 0.25) is 0 Å². The summed E-state index contributed by atoms with van der Waals surface area (Å²) < 4.78 is 37.7. The number of alkyl halides is 3. The van der Waals surface area contributed by atoms with E-state index in [0.717, 1.165) is 17.0 Å². The summed E-state index contributed by atoms with van der Waals surface area (Å²) in [6, 6.07) is 4.27. The minimum Gasteiger partial charge on any atom is -0.480 e. The summed E-state index contributed by atoms with van der Waals surface area (Å²) in [6.07, 6.45) is -1.39. The molecule has 2 N–H and O–H groups in total. The Bertz CT molecular complexity index is 736. The van der Waals surface area contributed by atoms with Crippen LogP contribution in [-0.2, 0) is 17.5 Å². The zero-order valence-corrected chi connectivity index (χ0v) is 12.7. The lowest BCUT2D eigenvalue weighted by atomic mass is 10.1. The number of hydrogen-bond donors (Lipinski definition) is 2. The highest BCUT2D eigenvalue weighted by Gasteiger charge is 2.30.